The number of aliphatic imine (C=N–C) groups is 1. The average Bonchev–Trinajstić information content (AvgIpc) is 3.39. The molecule has 29 heavy (non-hydrogen) atoms. The minimum absolute atomic E-state index is 0.0246. The lowest BCUT2D eigenvalue weighted by Gasteiger charge is -2.22. The van der Waals surface area contributed by atoms with Crippen LogP contribution in [0.2, 0.25) is 0 Å². The molecule has 2 N–H and O–H groups in total. The van der Waals surface area contributed by atoms with Crippen molar-refractivity contribution >= 4 is 34.7 Å². The Kier molecular flexibility index (Phi) is 5.54. The maximum atomic E-state index is 12.8. The van der Waals surface area contributed by atoms with Gasteiger partial charge in [0.25, 0.3) is 11.8 Å². The minimum Gasteiger partial charge on any atom is -0.349 e. The van der Waals surface area contributed by atoms with Crippen LogP contribution in [-0.4, -0.2) is 23.7 Å². The molecule has 2 heterocycles. The summed E-state index contributed by atoms with van der Waals surface area (Å²) in [6.07, 6.45) is 5.22. The van der Waals surface area contributed by atoms with Crippen molar-refractivity contribution in [1.82, 2.24) is 10.6 Å². The van der Waals surface area contributed by atoms with Crippen LogP contribution in [0, 0.1) is 11.3 Å². The number of amidine groups is 1. The van der Waals surface area contributed by atoms with Crippen LogP contribution < -0.4 is 10.6 Å². The van der Waals surface area contributed by atoms with Crippen LogP contribution in [0.15, 0.2) is 52.3 Å². The van der Waals surface area contributed by atoms with Gasteiger partial charge in [-0.3, -0.25) is 9.59 Å². The van der Waals surface area contributed by atoms with E-state index in [1.807, 2.05) is 35.7 Å². The van der Waals surface area contributed by atoms with Crippen LogP contribution in [0.1, 0.15) is 52.9 Å². The Labute approximate surface area is 173 Å². The first-order valence-corrected chi connectivity index (χ1v) is 10.5. The molecule has 2 aliphatic rings. The van der Waals surface area contributed by atoms with Gasteiger partial charge in [0.2, 0.25) is 0 Å². The molecule has 0 radical (unpaired) electrons. The Balaban J connectivity index is 1.65. The molecule has 1 aromatic heterocycles. The molecule has 7 heteroatoms. The van der Waals surface area contributed by atoms with Gasteiger partial charge in [-0.15, -0.1) is 11.3 Å². The van der Waals surface area contributed by atoms with Crippen molar-refractivity contribution in [2.45, 2.75) is 38.1 Å². The summed E-state index contributed by atoms with van der Waals surface area (Å²) in [7, 11) is 0. The van der Waals surface area contributed by atoms with Crippen LogP contribution in [0.5, 0.6) is 0 Å². The number of fused-ring (bicyclic) bond motifs is 1. The van der Waals surface area contributed by atoms with Crippen LogP contribution in [-0.2, 0) is 4.79 Å². The summed E-state index contributed by atoms with van der Waals surface area (Å²) in [6, 6.07) is 13.0. The topological polar surface area (TPSA) is 94.3 Å². The molecule has 1 aliphatic heterocycles. The summed E-state index contributed by atoms with van der Waals surface area (Å²) in [4.78, 5) is 30.3. The van der Waals surface area contributed by atoms with E-state index in [0.717, 1.165) is 25.7 Å². The monoisotopic (exact) mass is 404 g/mol. The molecule has 6 nitrogen and oxygen atoms in total. The number of nitrogens with zero attached hydrogens (tertiary/aromatic N) is 2. The maximum Gasteiger partial charge on any atom is 0.266 e. The first-order chi connectivity index (χ1) is 14.2. The second-order valence-corrected chi connectivity index (χ2v) is 8.03. The molecule has 4 rings (SSSR count). The molecule has 0 atom stereocenters. The highest BCUT2D eigenvalue weighted by Crippen LogP contribution is 2.31. The van der Waals surface area contributed by atoms with Gasteiger partial charge >= 0.3 is 0 Å². The number of hydrogen-bond donors (Lipinski definition) is 2. The maximum absolute atomic E-state index is 12.8. The van der Waals surface area contributed by atoms with Crippen molar-refractivity contribution in [3.05, 3.63) is 63.4 Å². The highest BCUT2D eigenvalue weighted by Gasteiger charge is 2.28. The van der Waals surface area contributed by atoms with Crippen molar-refractivity contribution < 1.29 is 9.59 Å². The molecule has 0 saturated heterocycles. The van der Waals surface area contributed by atoms with Gasteiger partial charge in [-0.2, -0.15) is 5.26 Å². The van der Waals surface area contributed by atoms with Gasteiger partial charge in [0.1, 0.15) is 17.5 Å². The Morgan fingerprint density at radius 1 is 1.07 bits per heavy atom. The Bertz CT molecular complexity index is 1040. The van der Waals surface area contributed by atoms with Crippen molar-refractivity contribution in [2.24, 2.45) is 4.99 Å². The van der Waals surface area contributed by atoms with E-state index in [0.29, 0.717) is 27.5 Å². The van der Waals surface area contributed by atoms with E-state index in [1.54, 1.807) is 12.1 Å². The molecule has 1 aromatic carbocycles. The molecular weight excluding hydrogens is 384 g/mol. The number of carbonyl (C=O) groups is 2. The van der Waals surface area contributed by atoms with Gasteiger partial charge in [0.15, 0.2) is 0 Å². The summed E-state index contributed by atoms with van der Waals surface area (Å²) in [5.41, 5.74) is 1.65. The van der Waals surface area contributed by atoms with Crippen LogP contribution >= 0.6 is 11.3 Å². The lowest BCUT2D eigenvalue weighted by Crippen LogP contribution is -2.37. The third kappa shape index (κ3) is 3.98. The van der Waals surface area contributed by atoms with Crippen molar-refractivity contribution in [1.29, 1.82) is 5.26 Å². The van der Waals surface area contributed by atoms with Gasteiger partial charge < -0.3 is 10.6 Å². The quantitative estimate of drug-likeness (QED) is 0.604. The second-order valence-electron chi connectivity index (χ2n) is 7.08. The Morgan fingerprint density at radius 2 is 1.83 bits per heavy atom. The zero-order valence-electron chi connectivity index (χ0n) is 15.8. The number of thiophene rings is 1. The Hall–Kier alpha value is -3.24. The number of rotatable bonds is 3. The first kappa shape index (κ1) is 19.1. The zero-order valence-corrected chi connectivity index (χ0v) is 16.6. The van der Waals surface area contributed by atoms with Gasteiger partial charge in [0.05, 0.1) is 10.6 Å². The summed E-state index contributed by atoms with van der Waals surface area (Å²) in [5.74, 6) is -0.314. The summed E-state index contributed by atoms with van der Waals surface area (Å²) in [6.45, 7) is 0. The summed E-state index contributed by atoms with van der Waals surface area (Å²) >= 11 is 1.34. The highest BCUT2D eigenvalue weighted by molar-refractivity contribution is 7.12. The molecule has 0 unspecified atom stereocenters. The van der Waals surface area contributed by atoms with E-state index >= 15 is 0 Å². The van der Waals surface area contributed by atoms with Crippen molar-refractivity contribution in [3.63, 3.8) is 0 Å². The number of nitrogens with one attached hydrogen (secondary N) is 2. The molecule has 1 saturated carbocycles. The molecular formula is C22H20N4O2S. The van der Waals surface area contributed by atoms with E-state index in [1.165, 1.54) is 17.8 Å². The predicted molar refractivity (Wildman–Crippen MR) is 112 cm³/mol. The fourth-order valence-electron chi connectivity index (χ4n) is 3.71. The number of hydrogen-bond acceptors (Lipinski definition) is 5. The van der Waals surface area contributed by atoms with E-state index in [2.05, 4.69) is 15.6 Å². The number of carbonyl (C=O) groups excluding carboxylic acids is 2. The van der Waals surface area contributed by atoms with Crippen molar-refractivity contribution in [3.8, 4) is 6.07 Å². The van der Waals surface area contributed by atoms with Crippen molar-refractivity contribution in [2.75, 3.05) is 0 Å². The predicted octanol–water partition coefficient (Wildman–Crippen LogP) is 3.62. The van der Waals surface area contributed by atoms with E-state index in [4.69, 9.17) is 0 Å². The molecule has 0 spiro atoms. The van der Waals surface area contributed by atoms with E-state index in [9.17, 15) is 14.9 Å². The van der Waals surface area contributed by atoms with E-state index in [-0.39, 0.29) is 17.5 Å². The van der Waals surface area contributed by atoms with Crippen LogP contribution in [0.25, 0.3) is 5.70 Å². The fraction of sp³-hybridized carbons (Fsp3) is 0.273. The summed E-state index contributed by atoms with van der Waals surface area (Å²) < 4.78 is 0. The number of nitriles is 1. The normalized spacial score (nSPS) is 17.7. The molecule has 2 aromatic rings. The summed E-state index contributed by atoms with van der Waals surface area (Å²) in [5, 5.41) is 17.3. The van der Waals surface area contributed by atoms with Crippen LogP contribution in [0.4, 0.5) is 0 Å². The highest BCUT2D eigenvalue weighted by atomic mass is 32.1. The third-order valence-corrected chi connectivity index (χ3v) is 6.02. The van der Waals surface area contributed by atoms with Gasteiger partial charge in [0, 0.05) is 17.2 Å². The first-order valence-electron chi connectivity index (χ1n) is 9.66. The molecule has 146 valence electrons. The lowest BCUT2D eigenvalue weighted by atomic mass is 9.95. The third-order valence-electron chi connectivity index (χ3n) is 5.15. The molecule has 2 amide bonds. The van der Waals surface area contributed by atoms with Crippen LogP contribution in [0.3, 0.4) is 0 Å². The smallest absolute Gasteiger partial charge is 0.266 e. The molecule has 1 fully saturated rings. The Morgan fingerprint density at radius 3 is 2.52 bits per heavy atom. The number of benzene rings is 1. The SMILES string of the molecule is N#CC(C(=O)NC1CCCCC1)=C1N=C(NC(=O)c2cccs2)c2ccccc21. The zero-order chi connectivity index (χ0) is 20.2. The van der Waals surface area contributed by atoms with Gasteiger partial charge in [-0.25, -0.2) is 4.99 Å². The average molecular weight is 404 g/mol. The number of amides is 2. The minimum atomic E-state index is -0.404. The molecule has 1 aliphatic carbocycles. The standard InChI is InChI=1S/C22H20N4O2S/c23-13-17(21(27)24-14-7-2-1-3-8-14)19-15-9-4-5-10-16(15)20(25-19)26-22(28)18-11-6-12-29-18/h4-6,9-12,14H,1-3,7-8H2,(H,24,27)(H,25,26,28). The second kappa shape index (κ2) is 8.41. The van der Waals surface area contributed by atoms with E-state index < -0.39 is 5.91 Å². The lowest BCUT2D eigenvalue weighted by molar-refractivity contribution is -0.117. The fourth-order valence-corrected chi connectivity index (χ4v) is 4.33. The van der Waals surface area contributed by atoms with Gasteiger partial charge in [-0.05, 0) is 24.3 Å². The molecule has 0 bridgehead atoms. The van der Waals surface area contributed by atoms with Gasteiger partial charge in [-0.1, -0.05) is 49.6 Å². The largest absolute Gasteiger partial charge is 0.349 e.